The van der Waals surface area contributed by atoms with Gasteiger partial charge in [0.1, 0.15) is 6.17 Å². The Balaban J connectivity index is 1.08. The summed E-state index contributed by atoms with van der Waals surface area (Å²) in [6.45, 7) is 8.17. The Bertz CT molecular complexity index is 1090. The van der Waals surface area contributed by atoms with E-state index in [1.807, 2.05) is 23.0 Å². The van der Waals surface area contributed by atoms with Crippen LogP contribution in [-0.2, 0) is 22.6 Å². The van der Waals surface area contributed by atoms with Crippen molar-refractivity contribution in [3.63, 3.8) is 0 Å². The average molecular weight is 569 g/mol. The van der Waals surface area contributed by atoms with Crippen molar-refractivity contribution in [1.82, 2.24) is 41.2 Å². The molecule has 5 rings (SSSR count). The van der Waals surface area contributed by atoms with Gasteiger partial charge in [0.05, 0.1) is 31.5 Å². The van der Waals surface area contributed by atoms with Crippen LogP contribution in [0, 0.1) is 5.92 Å². The van der Waals surface area contributed by atoms with Gasteiger partial charge in [-0.25, -0.2) is 9.98 Å². The molecule has 1 saturated heterocycles. The zero-order valence-electron chi connectivity index (χ0n) is 24.8. The van der Waals surface area contributed by atoms with Crippen molar-refractivity contribution in [3.8, 4) is 0 Å². The molecular weight excluding hydrogens is 520 g/mol. The maximum Gasteiger partial charge on any atom is 0.222 e. The van der Waals surface area contributed by atoms with Gasteiger partial charge in [0, 0.05) is 57.6 Å². The number of guanidine groups is 1. The van der Waals surface area contributed by atoms with Gasteiger partial charge in [0.25, 0.3) is 0 Å². The van der Waals surface area contributed by atoms with Gasteiger partial charge in [-0.3, -0.25) is 10.00 Å². The second kappa shape index (κ2) is 15.4. The lowest BCUT2D eigenvalue weighted by Crippen LogP contribution is -2.50. The highest BCUT2D eigenvalue weighted by molar-refractivity contribution is 6.08. The summed E-state index contributed by atoms with van der Waals surface area (Å²) in [4.78, 5) is 12.2. The molecule has 12 nitrogen and oxygen atoms in total. The minimum atomic E-state index is -0.200. The van der Waals surface area contributed by atoms with Crippen molar-refractivity contribution in [1.29, 1.82) is 0 Å². The number of rotatable bonds is 14. The molecule has 0 amide bonds. The van der Waals surface area contributed by atoms with E-state index >= 15 is 0 Å². The van der Waals surface area contributed by atoms with Crippen LogP contribution in [-0.4, -0.2) is 104 Å². The number of ether oxygens (including phenoxy) is 2. The molecule has 2 unspecified atom stereocenters. The zero-order chi connectivity index (χ0) is 28.3. The number of aryl methyl sites for hydroxylation is 1. The number of hydrogen-bond acceptors (Lipinski definition) is 11. The van der Waals surface area contributed by atoms with Gasteiger partial charge in [-0.15, -0.1) is 5.10 Å². The Hall–Kier alpha value is -2.80. The molecule has 12 heteroatoms. The van der Waals surface area contributed by atoms with Crippen LogP contribution in [0.2, 0.25) is 0 Å². The van der Waals surface area contributed by atoms with Crippen molar-refractivity contribution in [2.75, 3.05) is 60.0 Å². The third-order valence-corrected chi connectivity index (χ3v) is 8.25. The van der Waals surface area contributed by atoms with Crippen molar-refractivity contribution < 1.29 is 9.47 Å². The molecule has 0 bridgehead atoms. The highest BCUT2D eigenvalue weighted by Crippen LogP contribution is 2.28. The summed E-state index contributed by atoms with van der Waals surface area (Å²) in [5.41, 5.74) is 1.82. The first-order valence-corrected chi connectivity index (χ1v) is 15.4. The molecule has 1 aromatic heterocycles. The molecule has 2 atom stereocenters. The largest absolute Gasteiger partial charge is 0.493 e. The fourth-order valence-electron chi connectivity index (χ4n) is 5.91. The molecule has 0 aromatic carbocycles. The molecule has 2 aliphatic heterocycles. The van der Waals surface area contributed by atoms with Crippen LogP contribution in [0.4, 0.5) is 0 Å². The lowest BCUT2D eigenvalue weighted by atomic mass is 9.92. The smallest absolute Gasteiger partial charge is 0.222 e. The molecule has 0 radical (unpaired) electrons. The molecular formula is C29H48N10O2. The van der Waals surface area contributed by atoms with Gasteiger partial charge in [0.15, 0.2) is 11.5 Å². The number of methoxy groups -OCH3 is 2. The van der Waals surface area contributed by atoms with Crippen molar-refractivity contribution in [2.45, 2.75) is 70.2 Å². The fourth-order valence-corrected chi connectivity index (χ4v) is 5.91. The molecule has 1 saturated carbocycles. The minimum Gasteiger partial charge on any atom is -0.493 e. The normalized spacial score (nSPS) is 23.3. The highest BCUT2D eigenvalue weighted by Gasteiger charge is 2.34. The highest BCUT2D eigenvalue weighted by atomic mass is 16.5. The molecule has 3 heterocycles. The number of fused-ring (bicyclic) bond motifs is 1. The van der Waals surface area contributed by atoms with Gasteiger partial charge in [-0.2, -0.15) is 0 Å². The van der Waals surface area contributed by atoms with Crippen molar-refractivity contribution >= 4 is 11.7 Å². The standard InChI is InChI=1S/C29H48N10O2/c1-40-26-18-24-25(19-27(26)41-2)34-29(38-16-13-31-14-17-38)35-28(24)33-20-23-21-39(37-36-23)15-7-11-30-10-6-12-32-22-8-4-3-5-9-22/h18-19,21-22,24,28,30-33H,3-17,20H2,1-2H3. The molecule has 1 aromatic rings. The van der Waals surface area contributed by atoms with E-state index in [9.17, 15) is 0 Å². The number of piperazine rings is 1. The predicted octanol–water partition coefficient (Wildman–Crippen LogP) is 1.39. The fraction of sp³-hybridized carbons (Fsp3) is 0.724. The summed E-state index contributed by atoms with van der Waals surface area (Å²) in [6, 6.07) is 0.747. The minimum absolute atomic E-state index is 0.0606. The number of hydrogen-bond donors (Lipinski definition) is 4. The van der Waals surface area contributed by atoms with Gasteiger partial charge in [0.2, 0.25) is 5.96 Å². The molecule has 41 heavy (non-hydrogen) atoms. The second-order valence-electron chi connectivity index (χ2n) is 11.2. The SMILES string of the molecule is COC1=CC2=NC(N3CCNCC3)=NC(NCc3cn(CCCNCCCNC4CCCCC4)nn3)C2C=C1OC. The molecule has 0 spiro atoms. The van der Waals surface area contributed by atoms with Crippen LogP contribution in [0.5, 0.6) is 0 Å². The number of allylic oxidation sites excluding steroid dienone is 1. The third-order valence-electron chi connectivity index (χ3n) is 8.25. The summed E-state index contributed by atoms with van der Waals surface area (Å²) < 4.78 is 13.1. The summed E-state index contributed by atoms with van der Waals surface area (Å²) in [6.07, 6.45) is 14.9. The Labute approximate surface area is 244 Å². The lowest BCUT2D eigenvalue weighted by molar-refractivity contribution is 0.216. The van der Waals surface area contributed by atoms with Gasteiger partial charge >= 0.3 is 0 Å². The molecule has 2 aliphatic carbocycles. The molecule has 4 N–H and O–H groups in total. The van der Waals surface area contributed by atoms with Crippen LogP contribution in [0.3, 0.4) is 0 Å². The zero-order valence-corrected chi connectivity index (χ0v) is 24.8. The van der Waals surface area contributed by atoms with E-state index in [1.165, 1.54) is 38.5 Å². The van der Waals surface area contributed by atoms with Gasteiger partial charge < -0.3 is 30.3 Å². The average Bonchev–Trinajstić information content (AvgIpc) is 3.48. The van der Waals surface area contributed by atoms with Gasteiger partial charge in [-0.1, -0.05) is 24.5 Å². The number of nitrogens with zero attached hydrogens (tertiary/aromatic N) is 6. The first-order valence-electron chi connectivity index (χ1n) is 15.4. The van der Waals surface area contributed by atoms with Crippen molar-refractivity contribution in [3.05, 3.63) is 35.6 Å². The first kappa shape index (κ1) is 29.7. The van der Waals surface area contributed by atoms with Crippen LogP contribution >= 0.6 is 0 Å². The third kappa shape index (κ3) is 8.37. The molecule has 4 aliphatic rings. The quantitative estimate of drug-likeness (QED) is 0.247. The van der Waals surface area contributed by atoms with E-state index in [2.05, 4.69) is 36.5 Å². The predicted molar refractivity (Wildman–Crippen MR) is 161 cm³/mol. The number of nitrogens with one attached hydrogen (secondary N) is 4. The topological polar surface area (TPSA) is 125 Å². The van der Waals surface area contributed by atoms with Crippen LogP contribution in [0.25, 0.3) is 0 Å². The number of aliphatic imine (C=N–C) groups is 2. The maximum absolute atomic E-state index is 5.58. The Morgan fingerprint density at radius 3 is 2.59 bits per heavy atom. The van der Waals surface area contributed by atoms with Crippen LogP contribution in [0.1, 0.15) is 50.6 Å². The van der Waals surface area contributed by atoms with Crippen LogP contribution < -0.4 is 21.3 Å². The summed E-state index contributed by atoms with van der Waals surface area (Å²) >= 11 is 0. The van der Waals surface area contributed by atoms with Crippen molar-refractivity contribution in [2.24, 2.45) is 15.9 Å². The number of aromatic nitrogens is 3. The van der Waals surface area contributed by atoms with E-state index in [0.29, 0.717) is 18.1 Å². The summed E-state index contributed by atoms with van der Waals surface area (Å²) in [5.74, 6) is 2.08. The summed E-state index contributed by atoms with van der Waals surface area (Å²) in [7, 11) is 3.31. The van der Waals surface area contributed by atoms with E-state index in [4.69, 9.17) is 19.5 Å². The van der Waals surface area contributed by atoms with E-state index in [-0.39, 0.29) is 12.1 Å². The van der Waals surface area contributed by atoms with E-state index < -0.39 is 0 Å². The Morgan fingerprint density at radius 1 is 0.976 bits per heavy atom. The second-order valence-corrected chi connectivity index (χ2v) is 11.2. The monoisotopic (exact) mass is 568 g/mol. The Kier molecular flexibility index (Phi) is 11.2. The summed E-state index contributed by atoms with van der Waals surface area (Å²) in [5, 5.41) is 23.0. The first-order chi connectivity index (χ1) is 20.2. The molecule has 226 valence electrons. The van der Waals surface area contributed by atoms with E-state index in [1.54, 1.807) is 14.2 Å². The lowest BCUT2D eigenvalue weighted by Gasteiger charge is -2.35. The van der Waals surface area contributed by atoms with Gasteiger partial charge in [-0.05, 0) is 51.4 Å². The van der Waals surface area contributed by atoms with Crippen LogP contribution in [0.15, 0.2) is 39.9 Å². The maximum atomic E-state index is 5.58. The van der Waals surface area contributed by atoms with E-state index in [0.717, 1.165) is 82.2 Å². The molecule has 2 fully saturated rings. The Morgan fingerprint density at radius 2 is 1.78 bits per heavy atom.